The molecule has 1 atom stereocenters. The molecule has 2 aromatic carbocycles. The van der Waals surface area contributed by atoms with E-state index in [0.29, 0.717) is 0 Å². The van der Waals surface area contributed by atoms with E-state index < -0.39 is 0 Å². The first-order chi connectivity index (χ1) is 9.22. The molecule has 0 aliphatic rings. The molecule has 0 radical (unpaired) electrons. The van der Waals surface area contributed by atoms with Crippen LogP contribution in [0.3, 0.4) is 0 Å². The van der Waals surface area contributed by atoms with Gasteiger partial charge in [0.05, 0.1) is 0 Å². The zero-order valence-electron chi connectivity index (χ0n) is 11.1. The number of nitrogens with two attached hydrogens (primary N) is 1. The number of nitrogens with zero attached hydrogens (tertiary/aromatic N) is 1. The molecule has 1 unspecified atom stereocenters. The minimum atomic E-state index is 0.0294. The highest BCUT2D eigenvalue weighted by Gasteiger charge is 2.07. The van der Waals surface area contributed by atoms with E-state index in [1.807, 2.05) is 0 Å². The van der Waals surface area contributed by atoms with Crippen LogP contribution in [0.1, 0.15) is 17.2 Å². The molecule has 1 aromatic heterocycles. The van der Waals surface area contributed by atoms with Gasteiger partial charge in [-0.3, -0.25) is 0 Å². The van der Waals surface area contributed by atoms with Crippen LogP contribution in [0, 0.1) is 6.92 Å². The number of rotatable bonds is 3. The number of hydrogen-bond donors (Lipinski definition) is 1. The first-order valence-electron chi connectivity index (χ1n) is 6.59. The highest BCUT2D eigenvalue weighted by molar-refractivity contribution is 5.82. The monoisotopic (exact) mass is 250 g/mol. The van der Waals surface area contributed by atoms with E-state index in [2.05, 4.69) is 72.4 Å². The normalized spacial score (nSPS) is 12.7. The fourth-order valence-electron chi connectivity index (χ4n) is 2.48. The van der Waals surface area contributed by atoms with Crippen LogP contribution in [0.4, 0.5) is 0 Å². The van der Waals surface area contributed by atoms with E-state index in [1.165, 1.54) is 21.9 Å². The Balaban J connectivity index is 1.84. The number of aryl methyl sites for hydroxylation is 1. The SMILES string of the molecule is Cc1cccc(C(N)Cn2cc3ccccc3c2)c1. The molecule has 0 fully saturated rings. The molecule has 0 bridgehead atoms. The van der Waals surface area contributed by atoms with Crippen molar-refractivity contribution < 1.29 is 0 Å². The summed E-state index contributed by atoms with van der Waals surface area (Å²) in [5.74, 6) is 0. The number of fused-ring (bicyclic) bond motifs is 1. The maximum Gasteiger partial charge on any atom is 0.0477 e. The summed E-state index contributed by atoms with van der Waals surface area (Å²) in [5, 5.41) is 2.53. The van der Waals surface area contributed by atoms with Gasteiger partial charge in [0.25, 0.3) is 0 Å². The number of benzene rings is 2. The van der Waals surface area contributed by atoms with Crippen LogP contribution < -0.4 is 5.73 Å². The summed E-state index contributed by atoms with van der Waals surface area (Å²) in [6.07, 6.45) is 4.32. The first kappa shape index (κ1) is 12.0. The lowest BCUT2D eigenvalue weighted by molar-refractivity contribution is 0.580. The highest BCUT2D eigenvalue weighted by Crippen LogP contribution is 2.18. The fraction of sp³-hybridized carbons (Fsp3) is 0.176. The maximum absolute atomic E-state index is 6.30. The summed E-state index contributed by atoms with van der Waals surface area (Å²) in [6, 6.07) is 16.8. The Morgan fingerprint density at radius 3 is 2.32 bits per heavy atom. The zero-order valence-corrected chi connectivity index (χ0v) is 11.1. The quantitative estimate of drug-likeness (QED) is 0.755. The minimum Gasteiger partial charge on any atom is -0.351 e. The van der Waals surface area contributed by atoms with Crippen molar-refractivity contribution in [2.45, 2.75) is 19.5 Å². The van der Waals surface area contributed by atoms with E-state index in [-0.39, 0.29) is 6.04 Å². The average molecular weight is 250 g/mol. The number of aromatic nitrogens is 1. The summed E-state index contributed by atoms with van der Waals surface area (Å²) in [4.78, 5) is 0. The van der Waals surface area contributed by atoms with Crippen LogP contribution in [0.2, 0.25) is 0 Å². The van der Waals surface area contributed by atoms with Gasteiger partial charge in [-0.05, 0) is 23.3 Å². The molecule has 3 aromatic rings. The third-order valence-corrected chi connectivity index (χ3v) is 3.48. The molecular weight excluding hydrogens is 232 g/mol. The molecule has 0 aliphatic heterocycles. The maximum atomic E-state index is 6.30. The standard InChI is InChI=1S/C17H18N2/c1-13-5-4-8-14(9-13)17(18)12-19-10-15-6-2-3-7-16(15)11-19/h2-11,17H,12,18H2,1H3. The van der Waals surface area contributed by atoms with Crippen LogP contribution in [-0.4, -0.2) is 4.57 Å². The second-order valence-corrected chi connectivity index (χ2v) is 5.10. The average Bonchev–Trinajstić information content (AvgIpc) is 2.80. The predicted molar refractivity (Wildman–Crippen MR) is 80.0 cm³/mol. The van der Waals surface area contributed by atoms with Gasteiger partial charge < -0.3 is 10.3 Å². The Bertz CT molecular complexity index is 664. The lowest BCUT2D eigenvalue weighted by Crippen LogP contribution is -2.16. The Hall–Kier alpha value is -2.06. The van der Waals surface area contributed by atoms with Crippen molar-refractivity contribution in [1.82, 2.24) is 4.57 Å². The Labute approximate surface area is 113 Å². The summed E-state index contributed by atoms with van der Waals surface area (Å²) in [6.45, 7) is 2.90. The third-order valence-electron chi connectivity index (χ3n) is 3.48. The molecule has 0 aliphatic carbocycles. The van der Waals surface area contributed by atoms with Gasteiger partial charge in [0.1, 0.15) is 0 Å². The molecule has 0 amide bonds. The second kappa shape index (κ2) is 4.90. The Kier molecular flexibility index (Phi) is 3.10. The van der Waals surface area contributed by atoms with Gasteiger partial charge in [-0.25, -0.2) is 0 Å². The molecular formula is C17H18N2. The van der Waals surface area contributed by atoms with Gasteiger partial charge in [0, 0.05) is 25.0 Å². The smallest absolute Gasteiger partial charge is 0.0477 e. The van der Waals surface area contributed by atoms with Gasteiger partial charge >= 0.3 is 0 Å². The van der Waals surface area contributed by atoms with Gasteiger partial charge in [-0.1, -0.05) is 54.1 Å². The largest absolute Gasteiger partial charge is 0.351 e. The van der Waals surface area contributed by atoms with Crippen molar-refractivity contribution in [2.24, 2.45) is 5.73 Å². The fourth-order valence-corrected chi connectivity index (χ4v) is 2.48. The lowest BCUT2D eigenvalue weighted by Gasteiger charge is -2.13. The topological polar surface area (TPSA) is 30.9 Å². The molecule has 0 saturated carbocycles. The van der Waals surface area contributed by atoms with Crippen LogP contribution in [0.25, 0.3) is 10.8 Å². The van der Waals surface area contributed by atoms with Crippen molar-refractivity contribution in [3.05, 3.63) is 72.1 Å². The van der Waals surface area contributed by atoms with E-state index in [4.69, 9.17) is 5.73 Å². The van der Waals surface area contributed by atoms with E-state index in [0.717, 1.165) is 6.54 Å². The van der Waals surface area contributed by atoms with Gasteiger partial charge in [-0.15, -0.1) is 0 Å². The van der Waals surface area contributed by atoms with Crippen molar-refractivity contribution in [3.8, 4) is 0 Å². The summed E-state index contributed by atoms with van der Waals surface area (Å²) in [7, 11) is 0. The molecule has 1 heterocycles. The van der Waals surface area contributed by atoms with Crippen LogP contribution in [0.5, 0.6) is 0 Å². The third kappa shape index (κ3) is 2.54. The van der Waals surface area contributed by atoms with Gasteiger partial charge in [-0.2, -0.15) is 0 Å². The van der Waals surface area contributed by atoms with Crippen LogP contribution in [0.15, 0.2) is 60.9 Å². The van der Waals surface area contributed by atoms with Crippen molar-refractivity contribution in [1.29, 1.82) is 0 Å². The van der Waals surface area contributed by atoms with Crippen LogP contribution >= 0.6 is 0 Å². The molecule has 2 heteroatoms. The molecule has 0 saturated heterocycles. The number of hydrogen-bond acceptors (Lipinski definition) is 1. The van der Waals surface area contributed by atoms with Crippen LogP contribution in [-0.2, 0) is 6.54 Å². The van der Waals surface area contributed by atoms with E-state index >= 15 is 0 Å². The van der Waals surface area contributed by atoms with E-state index in [1.54, 1.807) is 0 Å². The summed E-state index contributed by atoms with van der Waals surface area (Å²) in [5.41, 5.74) is 8.74. The minimum absolute atomic E-state index is 0.0294. The molecule has 2 nitrogen and oxygen atoms in total. The van der Waals surface area contributed by atoms with E-state index in [9.17, 15) is 0 Å². The second-order valence-electron chi connectivity index (χ2n) is 5.10. The highest BCUT2D eigenvalue weighted by atomic mass is 15.0. The zero-order chi connectivity index (χ0) is 13.2. The Morgan fingerprint density at radius 2 is 1.68 bits per heavy atom. The van der Waals surface area contributed by atoms with Gasteiger partial charge in [0.15, 0.2) is 0 Å². The van der Waals surface area contributed by atoms with Crippen molar-refractivity contribution in [3.63, 3.8) is 0 Å². The van der Waals surface area contributed by atoms with Crippen molar-refractivity contribution >= 4 is 10.8 Å². The molecule has 96 valence electrons. The molecule has 0 spiro atoms. The summed E-state index contributed by atoms with van der Waals surface area (Å²) < 4.78 is 2.18. The molecule has 2 N–H and O–H groups in total. The van der Waals surface area contributed by atoms with Crippen molar-refractivity contribution in [2.75, 3.05) is 0 Å². The van der Waals surface area contributed by atoms with Gasteiger partial charge in [0.2, 0.25) is 0 Å². The predicted octanol–water partition coefficient (Wildman–Crippen LogP) is 3.65. The molecule has 3 rings (SSSR count). The summed E-state index contributed by atoms with van der Waals surface area (Å²) >= 11 is 0. The first-order valence-corrected chi connectivity index (χ1v) is 6.59. The molecule has 19 heavy (non-hydrogen) atoms. The lowest BCUT2D eigenvalue weighted by atomic mass is 10.1. The Morgan fingerprint density at radius 1 is 1.00 bits per heavy atom.